The van der Waals surface area contributed by atoms with Crippen molar-refractivity contribution in [2.45, 2.75) is 18.0 Å². The van der Waals surface area contributed by atoms with Gasteiger partial charge < -0.3 is 10.1 Å². The molecule has 0 spiro atoms. The number of benzene rings is 3. The fraction of sp³-hybridized carbons (Fsp3) is 0.174. The highest BCUT2D eigenvalue weighted by Crippen LogP contribution is 2.29. The summed E-state index contributed by atoms with van der Waals surface area (Å²) in [5, 5.41) is 2.95. The van der Waals surface area contributed by atoms with E-state index in [9.17, 15) is 13.2 Å². The first-order valence-corrected chi connectivity index (χ1v) is 11.4. The van der Waals surface area contributed by atoms with Crippen molar-refractivity contribution in [3.8, 4) is 5.75 Å². The summed E-state index contributed by atoms with van der Waals surface area (Å²) in [7, 11) is -2.54. The van der Waals surface area contributed by atoms with Crippen molar-refractivity contribution in [2.24, 2.45) is 0 Å². The van der Waals surface area contributed by atoms with Crippen LogP contribution in [0.4, 0.5) is 0 Å². The second-order valence-electron chi connectivity index (χ2n) is 6.82. The molecule has 3 rings (SSSR count). The van der Waals surface area contributed by atoms with Crippen LogP contribution < -0.4 is 10.1 Å². The van der Waals surface area contributed by atoms with Gasteiger partial charge in [0.1, 0.15) is 5.75 Å². The minimum absolute atomic E-state index is 0.00918. The van der Waals surface area contributed by atoms with E-state index < -0.39 is 15.9 Å². The molecule has 0 heterocycles. The number of methoxy groups -OCH3 is 1. The normalized spacial score (nSPS) is 11.3. The molecule has 3 aromatic rings. The number of nitrogens with one attached hydrogen (secondary N) is 1. The van der Waals surface area contributed by atoms with Crippen LogP contribution in [-0.4, -0.2) is 32.3 Å². The zero-order valence-electron chi connectivity index (χ0n) is 17.0. The third-order valence-electron chi connectivity index (χ3n) is 4.62. The smallest absolute Gasteiger partial charge is 0.243 e. The maximum atomic E-state index is 13.3. The van der Waals surface area contributed by atoms with Crippen molar-refractivity contribution in [1.29, 1.82) is 0 Å². The molecular formula is C23H23ClN2O4S. The van der Waals surface area contributed by atoms with E-state index in [-0.39, 0.29) is 23.0 Å². The van der Waals surface area contributed by atoms with Crippen molar-refractivity contribution in [3.63, 3.8) is 0 Å². The van der Waals surface area contributed by atoms with Crippen LogP contribution in [0, 0.1) is 0 Å². The molecule has 0 aliphatic rings. The van der Waals surface area contributed by atoms with Gasteiger partial charge in [0.25, 0.3) is 0 Å². The summed E-state index contributed by atoms with van der Waals surface area (Å²) >= 11 is 6.14. The molecular weight excluding hydrogens is 436 g/mol. The number of hydrogen-bond donors (Lipinski definition) is 1. The van der Waals surface area contributed by atoms with Gasteiger partial charge in [0.05, 0.1) is 23.6 Å². The molecule has 0 aliphatic heterocycles. The molecule has 162 valence electrons. The number of halogens is 1. The van der Waals surface area contributed by atoms with E-state index in [0.29, 0.717) is 12.3 Å². The number of amides is 1. The lowest BCUT2D eigenvalue weighted by Crippen LogP contribution is -2.40. The highest BCUT2D eigenvalue weighted by atomic mass is 35.5. The van der Waals surface area contributed by atoms with E-state index in [2.05, 4.69) is 5.32 Å². The topological polar surface area (TPSA) is 75.7 Å². The van der Waals surface area contributed by atoms with E-state index in [0.717, 1.165) is 15.4 Å². The molecule has 0 aliphatic carbocycles. The molecule has 0 radical (unpaired) electrons. The predicted molar refractivity (Wildman–Crippen MR) is 120 cm³/mol. The number of ether oxygens (including phenoxy) is 1. The molecule has 3 aromatic carbocycles. The first-order valence-electron chi connectivity index (χ1n) is 9.58. The maximum absolute atomic E-state index is 13.3. The molecule has 1 N–H and O–H groups in total. The molecule has 0 saturated carbocycles. The van der Waals surface area contributed by atoms with Gasteiger partial charge in [-0.3, -0.25) is 4.79 Å². The maximum Gasteiger partial charge on any atom is 0.243 e. The van der Waals surface area contributed by atoms with Gasteiger partial charge in [-0.2, -0.15) is 4.31 Å². The van der Waals surface area contributed by atoms with Gasteiger partial charge in [0, 0.05) is 13.1 Å². The predicted octanol–water partition coefficient (Wildman–Crippen LogP) is 3.86. The van der Waals surface area contributed by atoms with Gasteiger partial charge in [0.2, 0.25) is 15.9 Å². The Hall–Kier alpha value is -2.87. The van der Waals surface area contributed by atoms with Gasteiger partial charge in [-0.05, 0) is 29.3 Å². The molecule has 31 heavy (non-hydrogen) atoms. The van der Waals surface area contributed by atoms with Crippen molar-refractivity contribution in [1.82, 2.24) is 9.62 Å². The monoisotopic (exact) mass is 458 g/mol. The van der Waals surface area contributed by atoms with Crippen LogP contribution in [0.1, 0.15) is 11.1 Å². The minimum Gasteiger partial charge on any atom is -0.495 e. The molecule has 1 amide bonds. The molecule has 0 bridgehead atoms. The highest BCUT2D eigenvalue weighted by Gasteiger charge is 2.27. The number of rotatable bonds is 9. The van der Waals surface area contributed by atoms with Gasteiger partial charge in [0.15, 0.2) is 0 Å². The standard InChI is InChI=1S/C23H23ClN2O4S/c1-30-22-13-12-20(14-21(22)24)31(28,29)26(16-19-10-6-3-7-11-19)17-23(27)25-15-18-8-4-2-5-9-18/h2-14H,15-17H2,1H3,(H,25,27). The quantitative estimate of drug-likeness (QED) is 0.528. The van der Waals surface area contributed by atoms with E-state index >= 15 is 0 Å². The van der Waals surface area contributed by atoms with Crippen molar-refractivity contribution in [2.75, 3.05) is 13.7 Å². The summed E-state index contributed by atoms with van der Waals surface area (Å²) in [5.41, 5.74) is 1.69. The zero-order chi connectivity index (χ0) is 22.3. The van der Waals surface area contributed by atoms with Crippen LogP contribution in [-0.2, 0) is 27.9 Å². The summed E-state index contributed by atoms with van der Waals surface area (Å²) in [6.45, 7) is 0.0343. The molecule has 6 nitrogen and oxygen atoms in total. The van der Waals surface area contributed by atoms with E-state index in [1.165, 1.54) is 25.3 Å². The Labute approximate surface area is 187 Å². The lowest BCUT2D eigenvalue weighted by molar-refractivity contribution is -0.121. The van der Waals surface area contributed by atoms with E-state index in [4.69, 9.17) is 16.3 Å². The largest absolute Gasteiger partial charge is 0.495 e. The lowest BCUT2D eigenvalue weighted by atomic mass is 10.2. The van der Waals surface area contributed by atoms with Crippen molar-refractivity contribution >= 4 is 27.5 Å². The lowest BCUT2D eigenvalue weighted by Gasteiger charge is -2.22. The summed E-state index contributed by atoms with van der Waals surface area (Å²) in [6.07, 6.45) is 0. The Morgan fingerprint density at radius 3 is 2.16 bits per heavy atom. The minimum atomic E-state index is -3.99. The van der Waals surface area contributed by atoms with Gasteiger partial charge in [-0.25, -0.2) is 8.42 Å². The number of hydrogen-bond acceptors (Lipinski definition) is 4. The number of carbonyl (C=O) groups excluding carboxylic acids is 1. The average molecular weight is 459 g/mol. The van der Waals surface area contributed by atoms with Gasteiger partial charge >= 0.3 is 0 Å². The van der Waals surface area contributed by atoms with Crippen molar-refractivity contribution < 1.29 is 17.9 Å². The van der Waals surface area contributed by atoms with Gasteiger partial charge in [-0.1, -0.05) is 72.3 Å². The SMILES string of the molecule is COc1ccc(S(=O)(=O)N(CC(=O)NCc2ccccc2)Cc2ccccc2)cc1Cl. The number of sulfonamides is 1. The van der Waals surface area contributed by atoms with Crippen molar-refractivity contribution in [3.05, 3.63) is 95.0 Å². The Morgan fingerprint density at radius 1 is 0.968 bits per heavy atom. The number of nitrogens with zero attached hydrogens (tertiary/aromatic N) is 1. The first kappa shape index (κ1) is 22.8. The molecule has 0 saturated heterocycles. The molecule has 0 atom stereocenters. The Bertz CT molecular complexity index is 1120. The van der Waals surface area contributed by atoms with Crippen LogP contribution >= 0.6 is 11.6 Å². The summed E-state index contributed by atoms with van der Waals surface area (Å²) in [6, 6.07) is 22.8. The average Bonchev–Trinajstić information content (AvgIpc) is 2.78. The Kier molecular flexibility index (Phi) is 7.68. The third kappa shape index (κ3) is 6.07. The number of carbonyl (C=O) groups is 1. The second-order valence-corrected chi connectivity index (χ2v) is 9.16. The second kappa shape index (κ2) is 10.4. The molecule has 0 aromatic heterocycles. The highest BCUT2D eigenvalue weighted by molar-refractivity contribution is 7.89. The Balaban J connectivity index is 1.83. The van der Waals surface area contributed by atoms with Crippen LogP contribution in [0.15, 0.2) is 83.8 Å². The van der Waals surface area contributed by atoms with E-state index in [1.807, 2.05) is 60.7 Å². The van der Waals surface area contributed by atoms with Crippen LogP contribution in [0.5, 0.6) is 5.75 Å². The summed E-state index contributed by atoms with van der Waals surface area (Å²) < 4.78 is 32.9. The zero-order valence-corrected chi connectivity index (χ0v) is 18.6. The van der Waals surface area contributed by atoms with Crippen LogP contribution in [0.2, 0.25) is 5.02 Å². The molecule has 8 heteroatoms. The molecule has 0 fully saturated rings. The fourth-order valence-electron chi connectivity index (χ4n) is 2.98. The fourth-order valence-corrected chi connectivity index (χ4v) is 4.72. The van der Waals surface area contributed by atoms with Crippen LogP contribution in [0.3, 0.4) is 0 Å². The van der Waals surface area contributed by atoms with E-state index in [1.54, 1.807) is 0 Å². The van der Waals surface area contributed by atoms with Gasteiger partial charge in [-0.15, -0.1) is 0 Å². The summed E-state index contributed by atoms with van der Waals surface area (Å²) in [4.78, 5) is 12.6. The first-order chi connectivity index (χ1) is 14.9. The molecule has 0 unspecified atom stereocenters. The van der Waals surface area contributed by atoms with Crippen LogP contribution in [0.25, 0.3) is 0 Å². The summed E-state index contributed by atoms with van der Waals surface area (Å²) in [5.74, 6) is -0.0289. The Morgan fingerprint density at radius 2 is 1.58 bits per heavy atom. The third-order valence-corrected chi connectivity index (χ3v) is 6.70.